The lowest BCUT2D eigenvalue weighted by molar-refractivity contribution is -0.141. The number of carbonyl (C=O) groups is 2. The number of phenolic OH excluding ortho intramolecular Hbond substituents is 1. The molecule has 3 heterocycles. The van der Waals surface area contributed by atoms with Crippen LogP contribution in [0.1, 0.15) is 16.7 Å². The number of benzene rings is 3. The first kappa shape index (κ1) is 25.9. The van der Waals surface area contributed by atoms with E-state index in [1.165, 1.54) is 24.3 Å². The maximum atomic E-state index is 13.4. The molecule has 1 atom stereocenters. The van der Waals surface area contributed by atoms with Crippen molar-refractivity contribution in [2.24, 2.45) is 0 Å². The predicted octanol–water partition coefficient (Wildman–Crippen LogP) is 5.20. The third-order valence-corrected chi connectivity index (χ3v) is 7.28. The molecule has 0 radical (unpaired) electrons. The first-order valence-corrected chi connectivity index (χ1v) is 12.7. The molecule has 0 unspecified atom stereocenters. The van der Waals surface area contributed by atoms with Gasteiger partial charge in [-0.25, -0.2) is 14.0 Å². The highest BCUT2D eigenvalue weighted by molar-refractivity contribution is 6.02. The zero-order chi connectivity index (χ0) is 28.8. The second-order valence-corrected chi connectivity index (χ2v) is 9.88. The second-order valence-electron chi connectivity index (χ2n) is 9.88. The molecule has 206 valence electrons. The molecule has 0 saturated heterocycles. The minimum Gasteiger partial charge on any atom is -0.508 e. The molecule has 0 saturated carbocycles. The number of furan rings is 1. The van der Waals surface area contributed by atoms with Crippen molar-refractivity contribution in [1.29, 1.82) is 0 Å². The minimum absolute atomic E-state index is 0.0326. The number of aliphatic carboxylic acids is 1. The zero-order valence-corrected chi connectivity index (χ0v) is 21.7. The molecule has 3 aromatic carbocycles. The third kappa shape index (κ3) is 4.80. The predicted molar refractivity (Wildman–Crippen MR) is 149 cm³/mol. The van der Waals surface area contributed by atoms with E-state index in [0.29, 0.717) is 38.4 Å². The van der Waals surface area contributed by atoms with Gasteiger partial charge in [0.25, 0.3) is 0 Å². The smallest absolute Gasteiger partial charge is 0.340 e. The van der Waals surface area contributed by atoms with Crippen molar-refractivity contribution in [2.45, 2.75) is 25.8 Å². The molecule has 0 aliphatic rings. The number of carboxylic acid groups (broad SMARTS) is 1. The highest BCUT2D eigenvalue weighted by Gasteiger charge is 2.24. The number of hydrogen-bond donors (Lipinski definition) is 4. The van der Waals surface area contributed by atoms with Gasteiger partial charge in [-0.05, 0) is 60.0 Å². The van der Waals surface area contributed by atoms with Crippen LogP contribution in [0, 0.1) is 12.7 Å². The molecule has 6 rings (SSSR count). The van der Waals surface area contributed by atoms with Gasteiger partial charge in [-0.2, -0.15) is 0 Å². The maximum Gasteiger partial charge on any atom is 0.340 e. The van der Waals surface area contributed by atoms with Gasteiger partial charge >= 0.3 is 11.6 Å². The molecule has 0 spiro atoms. The normalized spacial score (nSPS) is 12.2. The van der Waals surface area contributed by atoms with Gasteiger partial charge in [0, 0.05) is 45.9 Å². The highest BCUT2D eigenvalue weighted by atomic mass is 19.1. The van der Waals surface area contributed by atoms with E-state index in [2.05, 4.69) is 10.3 Å². The highest BCUT2D eigenvalue weighted by Crippen LogP contribution is 2.34. The Bertz CT molecular complexity index is 2040. The summed E-state index contributed by atoms with van der Waals surface area (Å²) in [5.41, 5.74) is 3.42. The number of carbonyl (C=O) groups excluding carboxylic acids is 1. The summed E-state index contributed by atoms with van der Waals surface area (Å²) in [6.45, 7) is 1.69. The van der Waals surface area contributed by atoms with Crippen molar-refractivity contribution < 1.29 is 33.0 Å². The molecular formula is C31H23FN2O7. The summed E-state index contributed by atoms with van der Waals surface area (Å²) in [5, 5.41) is 24.1. The van der Waals surface area contributed by atoms with Crippen LogP contribution in [0.2, 0.25) is 0 Å². The number of carboxylic acids is 1. The Hall–Kier alpha value is -5.38. The zero-order valence-electron chi connectivity index (χ0n) is 21.7. The number of hydrogen-bond acceptors (Lipinski definition) is 6. The number of aryl methyl sites for hydroxylation is 1. The lowest BCUT2D eigenvalue weighted by atomic mass is 9.99. The Kier molecular flexibility index (Phi) is 6.30. The molecule has 41 heavy (non-hydrogen) atoms. The van der Waals surface area contributed by atoms with Crippen LogP contribution in [0.3, 0.4) is 0 Å². The van der Waals surface area contributed by atoms with Crippen LogP contribution in [0.25, 0.3) is 44.0 Å². The quantitative estimate of drug-likeness (QED) is 0.199. The third-order valence-electron chi connectivity index (χ3n) is 7.28. The molecule has 1 amide bonds. The van der Waals surface area contributed by atoms with Crippen LogP contribution < -0.4 is 10.9 Å². The van der Waals surface area contributed by atoms with E-state index in [-0.39, 0.29) is 29.1 Å². The van der Waals surface area contributed by atoms with E-state index in [0.717, 1.165) is 11.1 Å². The van der Waals surface area contributed by atoms with Crippen molar-refractivity contribution >= 4 is 44.7 Å². The number of amides is 1. The summed E-state index contributed by atoms with van der Waals surface area (Å²) >= 11 is 0. The van der Waals surface area contributed by atoms with Crippen LogP contribution in [-0.2, 0) is 22.4 Å². The molecule has 4 N–H and O–H groups in total. The van der Waals surface area contributed by atoms with Gasteiger partial charge in [-0.3, -0.25) is 4.79 Å². The number of rotatable bonds is 7. The summed E-state index contributed by atoms with van der Waals surface area (Å²) < 4.78 is 24.6. The molecule has 0 fully saturated rings. The van der Waals surface area contributed by atoms with Crippen molar-refractivity contribution in [3.05, 3.63) is 100.0 Å². The summed E-state index contributed by atoms with van der Waals surface area (Å²) in [5.74, 6) is -2.24. The van der Waals surface area contributed by atoms with Gasteiger partial charge in [0.05, 0.1) is 18.2 Å². The standard InChI is InChI=1S/C31H23FN2O7/c1-15-20-10-23-24(16-2-4-18(32)5-3-16)14-40-27(23)12-28(20)41-31(39)21(15)11-29(36)34-26(30(37)38)8-17-13-33-25-7-6-19(35)9-22(17)25/h2-7,9-10,12-14,26,33,35H,8,11H2,1H3,(H,34,36)(H,37,38)/t26-/m0/s1. The monoisotopic (exact) mass is 554 g/mol. The molecule has 9 nitrogen and oxygen atoms in total. The van der Waals surface area contributed by atoms with Crippen molar-refractivity contribution in [1.82, 2.24) is 10.3 Å². The Morgan fingerprint density at radius 3 is 2.56 bits per heavy atom. The first-order valence-electron chi connectivity index (χ1n) is 12.7. The molecule has 0 bridgehead atoms. The Balaban J connectivity index is 1.29. The van der Waals surface area contributed by atoms with Gasteiger partial charge in [-0.15, -0.1) is 0 Å². The number of aromatic hydroxyl groups is 1. The molecule has 10 heteroatoms. The molecule has 6 aromatic rings. The van der Waals surface area contributed by atoms with E-state index in [1.54, 1.807) is 49.7 Å². The van der Waals surface area contributed by atoms with Crippen molar-refractivity contribution in [3.8, 4) is 16.9 Å². The van der Waals surface area contributed by atoms with E-state index < -0.39 is 30.0 Å². The van der Waals surface area contributed by atoms with E-state index in [1.807, 2.05) is 0 Å². The molecule has 0 aliphatic carbocycles. The van der Waals surface area contributed by atoms with Gasteiger partial charge in [0.15, 0.2) is 0 Å². The van der Waals surface area contributed by atoms with Crippen LogP contribution in [-0.4, -0.2) is 33.1 Å². The number of H-pyrrole nitrogens is 1. The average molecular weight is 555 g/mol. The molecule has 0 aliphatic heterocycles. The van der Waals surface area contributed by atoms with Crippen LogP contribution in [0.5, 0.6) is 5.75 Å². The summed E-state index contributed by atoms with van der Waals surface area (Å²) in [7, 11) is 0. The van der Waals surface area contributed by atoms with Crippen LogP contribution in [0.4, 0.5) is 4.39 Å². The maximum absolute atomic E-state index is 13.4. The Morgan fingerprint density at radius 1 is 1.02 bits per heavy atom. The lowest BCUT2D eigenvalue weighted by Crippen LogP contribution is -2.43. The van der Waals surface area contributed by atoms with Gasteiger partial charge in [0.2, 0.25) is 5.91 Å². The first-order chi connectivity index (χ1) is 19.7. The van der Waals surface area contributed by atoms with Crippen molar-refractivity contribution in [2.75, 3.05) is 0 Å². The SMILES string of the molecule is Cc1c(CC(=O)N[C@@H](Cc2c[nH]c3ccc(O)cc23)C(=O)O)c(=O)oc2cc3occ(-c4ccc(F)cc4)c3cc12. The number of halogens is 1. The lowest BCUT2D eigenvalue weighted by Gasteiger charge is -2.15. The summed E-state index contributed by atoms with van der Waals surface area (Å²) in [6.07, 6.45) is 2.74. The van der Waals surface area contributed by atoms with Gasteiger partial charge in [-0.1, -0.05) is 12.1 Å². The Morgan fingerprint density at radius 2 is 1.80 bits per heavy atom. The van der Waals surface area contributed by atoms with E-state index >= 15 is 0 Å². The number of aromatic nitrogens is 1. The fraction of sp³-hybridized carbons (Fsp3) is 0.129. The second kappa shape index (κ2) is 9.98. The molecular weight excluding hydrogens is 531 g/mol. The molecule has 3 aromatic heterocycles. The van der Waals surface area contributed by atoms with Crippen molar-refractivity contribution in [3.63, 3.8) is 0 Å². The van der Waals surface area contributed by atoms with Gasteiger partial charge in [0.1, 0.15) is 28.8 Å². The fourth-order valence-electron chi connectivity index (χ4n) is 5.13. The minimum atomic E-state index is -1.28. The number of fused-ring (bicyclic) bond motifs is 3. The number of phenols is 1. The summed E-state index contributed by atoms with van der Waals surface area (Å²) in [6, 6.07) is 12.8. The van der Waals surface area contributed by atoms with E-state index in [4.69, 9.17) is 8.83 Å². The van der Waals surface area contributed by atoms with Crippen LogP contribution >= 0.6 is 0 Å². The topological polar surface area (TPSA) is 146 Å². The fourth-order valence-corrected chi connectivity index (χ4v) is 5.13. The average Bonchev–Trinajstić information content (AvgIpc) is 3.53. The summed E-state index contributed by atoms with van der Waals surface area (Å²) in [4.78, 5) is 40.9. The number of aromatic amines is 1. The van der Waals surface area contributed by atoms with E-state index in [9.17, 15) is 29.0 Å². The Labute approximate surface area is 230 Å². The van der Waals surface area contributed by atoms with Crippen LogP contribution in [0.15, 0.2) is 80.7 Å². The largest absolute Gasteiger partial charge is 0.508 e. The number of nitrogens with one attached hydrogen (secondary N) is 2. The van der Waals surface area contributed by atoms with Gasteiger partial charge < -0.3 is 29.3 Å².